The maximum Gasteiger partial charge on any atom is 0.311 e. The number of aryl methyl sites for hydroxylation is 1. The molecule has 3 fully saturated rings. The number of rotatable bonds is 3. The van der Waals surface area contributed by atoms with Crippen molar-refractivity contribution < 1.29 is 19.5 Å². The van der Waals surface area contributed by atoms with Gasteiger partial charge in [0.05, 0.1) is 23.6 Å². The minimum Gasteiger partial charge on any atom is -0.481 e. The number of carboxylic acids is 1. The summed E-state index contributed by atoms with van der Waals surface area (Å²) >= 11 is 0. The number of carbonyl (C=O) groups excluding carboxylic acids is 2. The Morgan fingerprint density at radius 1 is 1.30 bits per heavy atom. The molecule has 4 atom stereocenters. The van der Waals surface area contributed by atoms with Crippen molar-refractivity contribution >= 4 is 17.8 Å². The van der Waals surface area contributed by atoms with Gasteiger partial charge in [-0.05, 0) is 25.2 Å². The van der Waals surface area contributed by atoms with Gasteiger partial charge in [0.25, 0.3) is 0 Å². The van der Waals surface area contributed by atoms with Crippen molar-refractivity contribution in [3.63, 3.8) is 0 Å². The standard InChI is InChI=1S/C19H26N4O4/c1-21-9-12(8-20-21)16-14(5-6-15(24)22(16)2)17(25)23-10-13-4-3-7-19(13,11-23)18(26)27/h8-9,13-14,16H,3-7,10-11H2,1-2H3,(H,26,27)/t13-,14?,16?,19+/m0/s1. The van der Waals surface area contributed by atoms with Gasteiger partial charge in [0.1, 0.15) is 0 Å². The molecule has 0 spiro atoms. The summed E-state index contributed by atoms with van der Waals surface area (Å²) < 4.78 is 1.67. The molecule has 4 rings (SSSR count). The molecule has 0 radical (unpaired) electrons. The van der Waals surface area contributed by atoms with Crippen molar-refractivity contribution in [3.05, 3.63) is 18.0 Å². The van der Waals surface area contributed by atoms with Crippen LogP contribution in [0.3, 0.4) is 0 Å². The van der Waals surface area contributed by atoms with E-state index in [9.17, 15) is 19.5 Å². The quantitative estimate of drug-likeness (QED) is 0.853. The molecule has 2 aliphatic heterocycles. The minimum atomic E-state index is -0.782. The Hall–Kier alpha value is -2.38. The lowest BCUT2D eigenvalue weighted by Crippen LogP contribution is -2.47. The van der Waals surface area contributed by atoms with E-state index >= 15 is 0 Å². The highest BCUT2D eigenvalue weighted by Crippen LogP contribution is 2.50. The number of nitrogens with zero attached hydrogens (tertiary/aromatic N) is 4. The third-order valence-corrected chi connectivity index (χ3v) is 6.85. The molecule has 1 aromatic rings. The number of aromatic nitrogens is 2. The summed E-state index contributed by atoms with van der Waals surface area (Å²) in [5.74, 6) is -1.10. The Labute approximate surface area is 158 Å². The molecule has 3 aliphatic rings. The molecular formula is C19H26N4O4. The number of amides is 2. The number of hydrogen-bond donors (Lipinski definition) is 1. The lowest BCUT2D eigenvalue weighted by Gasteiger charge is -2.39. The van der Waals surface area contributed by atoms with Crippen LogP contribution < -0.4 is 0 Å². The molecule has 2 amide bonds. The summed E-state index contributed by atoms with van der Waals surface area (Å²) in [7, 11) is 3.54. The number of likely N-dealkylation sites (tertiary alicyclic amines) is 2. The first kappa shape index (κ1) is 18.0. The van der Waals surface area contributed by atoms with E-state index in [2.05, 4.69) is 5.10 Å². The lowest BCUT2D eigenvalue weighted by atomic mass is 9.81. The van der Waals surface area contributed by atoms with Crippen LogP contribution >= 0.6 is 0 Å². The molecule has 27 heavy (non-hydrogen) atoms. The molecule has 3 heterocycles. The zero-order valence-electron chi connectivity index (χ0n) is 15.8. The number of piperidine rings is 1. The number of carbonyl (C=O) groups is 3. The van der Waals surface area contributed by atoms with E-state index in [4.69, 9.17) is 0 Å². The number of carboxylic acid groups (broad SMARTS) is 1. The first-order valence-electron chi connectivity index (χ1n) is 9.60. The first-order chi connectivity index (χ1) is 12.8. The first-order valence-corrected chi connectivity index (χ1v) is 9.60. The van der Waals surface area contributed by atoms with Crippen LogP contribution in [0.1, 0.15) is 43.7 Å². The number of aliphatic carboxylic acids is 1. The van der Waals surface area contributed by atoms with Gasteiger partial charge in [0.2, 0.25) is 11.8 Å². The van der Waals surface area contributed by atoms with Crippen LogP contribution in [0.2, 0.25) is 0 Å². The van der Waals surface area contributed by atoms with Crippen molar-refractivity contribution in [1.82, 2.24) is 19.6 Å². The van der Waals surface area contributed by atoms with Crippen LogP contribution in [0.25, 0.3) is 0 Å². The van der Waals surface area contributed by atoms with E-state index in [1.165, 1.54) is 0 Å². The molecule has 2 saturated heterocycles. The van der Waals surface area contributed by atoms with E-state index in [0.717, 1.165) is 18.4 Å². The fourth-order valence-corrected chi connectivity index (χ4v) is 5.39. The Kier molecular flexibility index (Phi) is 4.24. The zero-order valence-corrected chi connectivity index (χ0v) is 15.8. The average Bonchev–Trinajstić information content (AvgIpc) is 3.30. The van der Waals surface area contributed by atoms with Gasteiger partial charge >= 0.3 is 5.97 Å². The molecule has 2 unspecified atom stereocenters. The third kappa shape index (κ3) is 2.73. The van der Waals surface area contributed by atoms with Crippen molar-refractivity contribution in [3.8, 4) is 0 Å². The predicted octanol–water partition coefficient (Wildman–Crippen LogP) is 1.04. The Morgan fingerprint density at radius 2 is 2.07 bits per heavy atom. The minimum absolute atomic E-state index is 0.0215. The molecule has 146 valence electrons. The highest BCUT2D eigenvalue weighted by molar-refractivity contribution is 5.86. The van der Waals surface area contributed by atoms with E-state index in [-0.39, 0.29) is 29.7 Å². The summed E-state index contributed by atoms with van der Waals surface area (Å²) in [5, 5.41) is 14.0. The molecule has 0 aromatic carbocycles. The van der Waals surface area contributed by atoms with Crippen molar-refractivity contribution in [1.29, 1.82) is 0 Å². The van der Waals surface area contributed by atoms with Crippen molar-refractivity contribution in [2.24, 2.45) is 24.3 Å². The fraction of sp³-hybridized carbons (Fsp3) is 0.684. The highest BCUT2D eigenvalue weighted by atomic mass is 16.4. The monoisotopic (exact) mass is 374 g/mol. The van der Waals surface area contributed by atoms with Crippen molar-refractivity contribution in [2.45, 2.75) is 38.1 Å². The average molecular weight is 374 g/mol. The van der Waals surface area contributed by atoms with Gasteiger partial charge in [0, 0.05) is 45.4 Å². The van der Waals surface area contributed by atoms with E-state index < -0.39 is 11.4 Å². The molecule has 0 bridgehead atoms. The summed E-state index contributed by atoms with van der Waals surface area (Å²) in [6, 6.07) is -0.353. The Bertz CT molecular complexity index is 790. The second-order valence-corrected chi connectivity index (χ2v) is 8.31. The normalized spacial score (nSPS) is 33.4. The van der Waals surface area contributed by atoms with Gasteiger partial charge in [-0.15, -0.1) is 0 Å². The Morgan fingerprint density at radius 3 is 2.70 bits per heavy atom. The topological polar surface area (TPSA) is 95.7 Å². The van der Waals surface area contributed by atoms with E-state index in [1.54, 1.807) is 27.7 Å². The van der Waals surface area contributed by atoms with E-state index in [1.807, 2.05) is 13.2 Å². The summed E-state index contributed by atoms with van der Waals surface area (Å²) in [5.41, 5.74) is 0.0642. The van der Waals surface area contributed by atoms with Crippen LogP contribution in [0.4, 0.5) is 0 Å². The van der Waals surface area contributed by atoms with Gasteiger partial charge in [-0.3, -0.25) is 19.1 Å². The van der Waals surface area contributed by atoms with Crippen LogP contribution in [0, 0.1) is 17.3 Å². The van der Waals surface area contributed by atoms with E-state index in [0.29, 0.717) is 32.4 Å². The largest absolute Gasteiger partial charge is 0.481 e. The van der Waals surface area contributed by atoms with Crippen LogP contribution in [-0.4, -0.2) is 62.6 Å². The molecule has 1 saturated carbocycles. The zero-order chi connectivity index (χ0) is 19.3. The van der Waals surface area contributed by atoms with Crippen LogP contribution in [0.15, 0.2) is 12.4 Å². The van der Waals surface area contributed by atoms with Crippen molar-refractivity contribution in [2.75, 3.05) is 20.1 Å². The predicted molar refractivity (Wildman–Crippen MR) is 95.4 cm³/mol. The summed E-state index contributed by atoms with van der Waals surface area (Å²) in [4.78, 5) is 41.0. The molecule has 1 aliphatic carbocycles. The maximum absolute atomic E-state index is 13.4. The number of hydrogen-bond acceptors (Lipinski definition) is 4. The molecule has 1 aromatic heterocycles. The summed E-state index contributed by atoms with van der Waals surface area (Å²) in [6.07, 6.45) is 6.80. The van der Waals surface area contributed by atoms with Gasteiger partial charge in [-0.1, -0.05) is 6.42 Å². The summed E-state index contributed by atoms with van der Waals surface area (Å²) in [6.45, 7) is 0.804. The molecule has 1 N–H and O–H groups in total. The van der Waals surface area contributed by atoms with Gasteiger partial charge in [-0.2, -0.15) is 5.10 Å². The third-order valence-electron chi connectivity index (χ3n) is 6.85. The second kappa shape index (κ2) is 6.35. The highest BCUT2D eigenvalue weighted by Gasteiger charge is 2.57. The fourth-order valence-electron chi connectivity index (χ4n) is 5.39. The maximum atomic E-state index is 13.4. The van der Waals surface area contributed by atoms with Gasteiger partial charge in [0.15, 0.2) is 0 Å². The van der Waals surface area contributed by atoms with Crippen LogP contribution in [0.5, 0.6) is 0 Å². The SMILES string of the molecule is CN1C(=O)CCC(C(=O)N2C[C@@H]3CCC[C@@]3(C(=O)O)C2)C1c1cnn(C)c1. The smallest absolute Gasteiger partial charge is 0.311 e. The van der Waals surface area contributed by atoms with Crippen LogP contribution in [-0.2, 0) is 21.4 Å². The molecule has 8 heteroatoms. The lowest BCUT2D eigenvalue weighted by molar-refractivity contribution is -0.150. The molecule has 8 nitrogen and oxygen atoms in total. The van der Waals surface area contributed by atoms with Gasteiger partial charge < -0.3 is 14.9 Å². The second-order valence-electron chi connectivity index (χ2n) is 8.31. The molecular weight excluding hydrogens is 348 g/mol. The number of fused-ring (bicyclic) bond motifs is 1. The van der Waals surface area contributed by atoms with Gasteiger partial charge in [-0.25, -0.2) is 0 Å². The Balaban J connectivity index is 1.60.